The second-order valence-electron chi connectivity index (χ2n) is 5.47. The smallest absolute Gasteiger partial charge is 0.248 e. The number of carbonyl (C=O) groups excluding carboxylic acids is 4. The number of primary amides is 4. The molecule has 4 amide bonds. The molecule has 2 aromatic rings. The van der Waals surface area contributed by atoms with Crippen LogP contribution in [0, 0.1) is 0 Å². The molecule has 0 aromatic heterocycles. The SMILES string of the molecule is NC(=O)c1cc(Cc2cc(C(N)=O)cc(C(N)=O)c2)cc(C(N)=O)c1. The van der Waals surface area contributed by atoms with Crippen LogP contribution in [0.5, 0.6) is 0 Å². The van der Waals surface area contributed by atoms with Crippen LogP contribution in [0.15, 0.2) is 36.4 Å². The summed E-state index contributed by atoms with van der Waals surface area (Å²) in [6, 6.07) is 8.57. The van der Waals surface area contributed by atoms with Crippen LogP contribution in [-0.2, 0) is 6.42 Å². The van der Waals surface area contributed by atoms with Gasteiger partial charge in [0, 0.05) is 22.3 Å². The van der Waals surface area contributed by atoms with Crippen molar-refractivity contribution >= 4 is 23.6 Å². The maximum Gasteiger partial charge on any atom is 0.248 e. The first-order valence-corrected chi connectivity index (χ1v) is 7.14. The van der Waals surface area contributed by atoms with E-state index in [0.717, 1.165) is 0 Å². The third-order valence-electron chi connectivity index (χ3n) is 3.53. The minimum absolute atomic E-state index is 0.118. The van der Waals surface area contributed by atoms with Gasteiger partial charge in [0.05, 0.1) is 0 Å². The van der Waals surface area contributed by atoms with Crippen LogP contribution < -0.4 is 22.9 Å². The van der Waals surface area contributed by atoms with E-state index in [1.165, 1.54) is 36.4 Å². The predicted octanol–water partition coefficient (Wildman–Crippen LogP) is -0.327. The van der Waals surface area contributed by atoms with Crippen LogP contribution in [0.1, 0.15) is 52.6 Å². The molecular formula is C17H16N4O4. The highest BCUT2D eigenvalue weighted by molar-refractivity contribution is 5.99. The molecule has 0 fully saturated rings. The van der Waals surface area contributed by atoms with E-state index < -0.39 is 23.6 Å². The van der Waals surface area contributed by atoms with Gasteiger partial charge in [-0.15, -0.1) is 0 Å². The van der Waals surface area contributed by atoms with Gasteiger partial charge in [0.1, 0.15) is 0 Å². The normalized spacial score (nSPS) is 10.2. The first-order chi connectivity index (χ1) is 11.7. The van der Waals surface area contributed by atoms with Crippen molar-refractivity contribution in [3.63, 3.8) is 0 Å². The number of hydrogen-bond acceptors (Lipinski definition) is 4. The molecule has 0 aliphatic heterocycles. The Hall–Kier alpha value is -3.68. The van der Waals surface area contributed by atoms with Crippen molar-refractivity contribution in [2.45, 2.75) is 6.42 Å². The molecule has 2 rings (SSSR count). The highest BCUT2D eigenvalue weighted by Gasteiger charge is 2.12. The van der Waals surface area contributed by atoms with Crippen LogP contribution >= 0.6 is 0 Å². The largest absolute Gasteiger partial charge is 0.366 e. The lowest BCUT2D eigenvalue weighted by Crippen LogP contribution is -2.17. The Labute approximate surface area is 142 Å². The fraction of sp³-hybridized carbons (Fsp3) is 0.0588. The van der Waals surface area contributed by atoms with Crippen molar-refractivity contribution in [2.75, 3.05) is 0 Å². The van der Waals surface area contributed by atoms with Gasteiger partial charge in [-0.2, -0.15) is 0 Å². The first kappa shape index (κ1) is 17.7. The minimum Gasteiger partial charge on any atom is -0.366 e. The van der Waals surface area contributed by atoms with E-state index in [0.29, 0.717) is 11.1 Å². The number of nitrogens with two attached hydrogens (primary N) is 4. The van der Waals surface area contributed by atoms with Gasteiger partial charge in [-0.1, -0.05) is 0 Å². The van der Waals surface area contributed by atoms with Gasteiger partial charge < -0.3 is 22.9 Å². The average molecular weight is 340 g/mol. The number of benzene rings is 2. The molecule has 0 radical (unpaired) electrons. The lowest BCUT2D eigenvalue weighted by atomic mass is 9.96. The monoisotopic (exact) mass is 340 g/mol. The zero-order chi connectivity index (χ0) is 18.7. The van der Waals surface area contributed by atoms with E-state index in [9.17, 15) is 19.2 Å². The summed E-state index contributed by atoms with van der Waals surface area (Å²) in [4.78, 5) is 45.7. The molecule has 128 valence electrons. The van der Waals surface area contributed by atoms with Gasteiger partial charge in [0.25, 0.3) is 0 Å². The molecule has 8 heteroatoms. The summed E-state index contributed by atoms with van der Waals surface area (Å²) in [5.41, 5.74) is 22.6. The highest BCUT2D eigenvalue weighted by Crippen LogP contribution is 2.17. The Morgan fingerprint density at radius 1 is 0.520 bits per heavy atom. The molecule has 0 atom stereocenters. The predicted molar refractivity (Wildman–Crippen MR) is 89.8 cm³/mol. The van der Waals surface area contributed by atoms with Crippen molar-refractivity contribution in [3.8, 4) is 0 Å². The molecule has 0 saturated carbocycles. The number of amides is 4. The standard InChI is InChI=1S/C17H16N4O4/c18-14(22)10-2-8(3-11(6-10)15(19)23)1-9-4-12(16(20)24)7-13(5-9)17(21)25/h2-7H,1H2,(H2,18,22)(H2,19,23)(H2,20,24)(H2,21,25). The summed E-state index contributed by atoms with van der Waals surface area (Å²) >= 11 is 0. The molecule has 0 saturated heterocycles. The minimum atomic E-state index is -0.715. The second kappa shape index (κ2) is 6.83. The first-order valence-electron chi connectivity index (χ1n) is 7.14. The molecule has 25 heavy (non-hydrogen) atoms. The molecule has 8 N–H and O–H groups in total. The fourth-order valence-corrected chi connectivity index (χ4v) is 2.39. The zero-order valence-electron chi connectivity index (χ0n) is 13.1. The van der Waals surface area contributed by atoms with Gasteiger partial charge in [0.15, 0.2) is 0 Å². The summed E-state index contributed by atoms with van der Waals surface area (Å²) < 4.78 is 0. The summed E-state index contributed by atoms with van der Waals surface area (Å²) in [7, 11) is 0. The number of hydrogen-bond donors (Lipinski definition) is 4. The Kier molecular flexibility index (Phi) is 4.83. The quantitative estimate of drug-likeness (QED) is 0.564. The maximum atomic E-state index is 11.4. The highest BCUT2D eigenvalue weighted by atomic mass is 16.2. The molecule has 0 aliphatic rings. The van der Waals surface area contributed by atoms with Crippen LogP contribution in [0.4, 0.5) is 0 Å². The molecule has 0 unspecified atom stereocenters. The van der Waals surface area contributed by atoms with Crippen LogP contribution in [-0.4, -0.2) is 23.6 Å². The maximum absolute atomic E-state index is 11.4. The molecule has 0 heterocycles. The van der Waals surface area contributed by atoms with Gasteiger partial charge in [-0.05, 0) is 53.9 Å². The van der Waals surface area contributed by atoms with E-state index in [2.05, 4.69) is 0 Å². The molecular weight excluding hydrogens is 324 g/mol. The fourth-order valence-electron chi connectivity index (χ4n) is 2.39. The van der Waals surface area contributed by atoms with Gasteiger partial charge in [-0.3, -0.25) is 19.2 Å². The Balaban J connectivity index is 2.51. The lowest BCUT2D eigenvalue weighted by Gasteiger charge is -2.09. The van der Waals surface area contributed by atoms with Crippen LogP contribution in [0.3, 0.4) is 0 Å². The Morgan fingerprint density at radius 2 is 0.760 bits per heavy atom. The van der Waals surface area contributed by atoms with E-state index >= 15 is 0 Å². The van der Waals surface area contributed by atoms with Crippen molar-refractivity contribution in [3.05, 3.63) is 69.8 Å². The lowest BCUT2D eigenvalue weighted by molar-refractivity contribution is 0.0985. The molecule has 2 aromatic carbocycles. The third kappa shape index (κ3) is 4.20. The van der Waals surface area contributed by atoms with E-state index in [-0.39, 0.29) is 28.7 Å². The Morgan fingerprint density at radius 3 is 0.960 bits per heavy atom. The average Bonchev–Trinajstić information content (AvgIpc) is 2.53. The van der Waals surface area contributed by atoms with E-state index in [4.69, 9.17) is 22.9 Å². The molecule has 0 aliphatic carbocycles. The Bertz CT molecular complexity index is 768. The summed E-state index contributed by atoms with van der Waals surface area (Å²) in [5, 5.41) is 0. The van der Waals surface area contributed by atoms with Gasteiger partial charge in [0.2, 0.25) is 23.6 Å². The summed E-state index contributed by atoms with van der Waals surface area (Å²) in [5.74, 6) is -2.86. The van der Waals surface area contributed by atoms with Gasteiger partial charge >= 0.3 is 0 Å². The molecule has 0 bridgehead atoms. The summed E-state index contributed by atoms with van der Waals surface area (Å²) in [6.45, 7) is 0. The van der Waals surface area contributed by atoms with E-state index in [1.807, 2.05) is 0 Å². The number of carbonyl (C=O) groups is 4. The van der Waals surface area contributed by atoms with Crippen molar-refractivity contribution in [2.24, 2.45) is 22.9 Å². The van der Waals surface area contributed by atoms with E-state index in [1.54, 1.807) is 0 Å². The zero-order valence-corrected chi connectivity index (χ0v) is 13.1. The van der Waals surface area contributed by atoms with Crippen LogP contribution in [0.2, 0.25) is 0 Å². The molecule has 8 nitrogen and oxygen atoms in total. The summed E-state index contributed by atoms with van der Waals surface area (Å²) in [6.07, 6.45) is 0.197. The van der Waals surface area contributed by atoms with Gasteiger partial charge in [-0.25, -0.2) is 0 Å². The van der Waals surface area contributed by atoms with Crippen molar-refractivity contribution in [1.29, 1.82) is 0 Å². The molecule has 0 spiro atoms. The topological polar surface area (TPSA) is 172 Å². The second-order valence-corrected chi connectivity index (χ2v) is 5.47. The third-order valence-corrected chi connectivity index (χ3v) is 3.53. The van der Waals surface area contributed by atoms with Crippen molar-refractivity contribution < 1.29 is 19.2 Å². The number of rotatable bonds is 6. The van der Waals surface area contributed by atoms with Crippen LogP contribution in [0.25, 0.3) is 0 Å². The van der Waals surface area contributed by atoms with Crippen molar-refractivity contribution in [1.82, 2.24) is 0 Å².